The molecule has 0 radical (unpaired) electrons. The van der Waals surface area contributed by atoms with Gasteiger partial charge in [0.15, 0.2) is 0 Å². The summed E-state index contributed by atoms with van der Waals surface area (Å²) in [5, 5.41) is 14.9. The Labute approximate surface area is 259 Å². The first-order valence-electron chi connectivity index (χ1n) is 14.2. The molecule has 14 heteroatoms. The molecule has 3 aromatic rings. The van der Waals surface area contributed by atoms with Crippen LogP contribution in [0.3, 0.4) is 0 Å². The minimum absolute atomic E-state index is 0.0388. The molecule has 3 amide bonds. The zero-order valence-corrected chi connectivity index (χ0v) is 25.7. The van der Waals surface area contributed by atoms with Crippen LogP contribution in [0.5, 0.6) is 5.75 Å². The lowest BCUT2D eigenvalue weighted by Crippen LogP contribution is -2.48. The van der Waals surface area contributed by atoms with Gasteiger partial charge in [-0.3, -0.25) is 4.79 Å². The number of fused-ring (bicyclic) bond motifs is 1. The van der Waals surface area contributed by atoms with Crippen LogP contribution in [0.2, 0.25) is 0 Å². The average molecular weight is 649 g/mol. The van der Waals surface area contributed by atoms with Crippen molar-refractivity contribution >= 4 is 33.3 Å². The maximum Gasteiger partial charge on any atom is 0.416 e. The normalized spacial score (nSPS) is 18.2. The molecular formula is C31H35F3N4O6S. The molecule has 0 unspecified atom stereocenters. The van der Waals surface area contributed by atoms with Crippen LogP contribution in [0.4, 0.5) is 29.3 Å². The van der Waals surface area contributed by atoms with E-state index in [2.05, 4.69) is 10.6 Å². The number of nitrogens with zero attached hydrogens (tertiary/aromatic N) is 2. The Balaban J connectivity index is 1.58. The van der Waals surface area contributed by atoms with Gasteiger partial charge in [0.2, 0.25) is 15.9 Å². The van der Waals surface area contributed by atoms with E-state index in [9.17, 15) is 36.3 Å². The number of benzene rings is 3. The molecule has 0 saturated heterocycles. The van der Waals surface area contributed by atoms with E-state index in [1.165, 1.54) is 34.5 Å². The first-order valence-corrected chi connectivity index (χ1v) is 15.6. The van der Waals surface area contributed by atoms with E-state index in [4.69, 9.17) is 4.74 Å². The summed E-state index contributed by atoms with van der Waals surface area (Å²) in [5.41, 5.74) is -0.0161. The molecule has 0 spiro atoms. The van der Waals surface area contributed by atoms with E-state index in [0.717, 1.165) is 24.3 Å². The van der Waals surface area contributed by atoms with Crippen molar-refractivity contribution in [2.24, 2.45) is 5.92 Å². The van der Waals surface area contributed by atoms with Crippen LogP contribution in [0.25, 0.3) is 0 Å². The minimum atomic E-state index is -4.51. The first-order chi connectivity index (χ1) is 21.2. The maximum absolute atomic E-state index is 13.4. The molecule has 3 N–H and O–H groups in total. The molecule has 4 rings (SSSR count). The monoisotopic (exact) mass is 648 g/mol. The average Bonchev–Trinajstić information content (AvgIpc) is 3.04. The standard InChI is InChI=1S/C31H35F3N4O6S/c1-20-17-38(21(2)19-39)29(40)16-22-15-25(36-30(41)35-24-11-9-23(10-12-24)31(32,33)34)13-14-27(22)44-28(20)18-37(3)45(42,43)26-7-5-4-6-8-26/h4-15,20-21,28,39H,16-19H2,1-3H3,(H2,35,36,41)/t20-,21-,28-/m0/s1. The van der Waals surface area contributed by atoms with Crippen molar-refractivity contribution in [2.45, 2.75) is 43.5 Å². The fourth-order valence-corrected chi connectivity index (χ4v) is 6.09. The number of anilines is 2. The number of hydrogen-bond acceptors (Lipinski definition) is 6. The van der Waals surface area contributed by atoms with Gasteiger partial charge in [0.05, 0.1) is 36.1 Å². The highest BCUT2D eigenvalue weighted by Crippen LogP contribution is 2.31. The molecular weight excluding hydrogens is 613 g/mol. The number of aliphatic hydroxyl groups is 1. The Morgan fingerprint density at radius 3 is 2.31 bits per heavy atom. The number of halogens is 3. The lowest BCUT2D eigenvalue weighted by molar-refractivity contribution is -0.137. The number of amides is 3. The number of carbonyl (C=O) groups is 2. The van der Waals surface area contributed by atoms with E-state index in [1.807, 2.05) is 6.92 Å². The third-order valence-electron chi connectivity index (χ3n) is 7.53. The van der Waals surface area contributed by atoms with Crippen LogP contribution >= 0.6 is 0 Å². The second kappa shape index (κ2) is 13.9. The largest absolute Gasteiger partial charge is 0.488 e. The molecule has 0 fully saturated rings. The number of rotatable bonds is 8. The highest BCUT2D eigenvalue weighted by molar-refractivity contribution is 7.89. The number of ether oxygens (including phenoxy) is 1. The fourth-order valence-electron chi connectivity index (χ4n) is 4.89. The Morgan fingerprint density at radius 1 is 1.07 bits per heavy atom. The Kier molecular flexibility index (Phi) is 10.4. The summed E-state index contributed by atoms with van der Waals surface area (Å²) < 4.78 is 72.7. The molecule has 3 atom stereocenters. The van der Waals surface area contributed by atoms with Gasteiger partial charge in [-0.15, -0.1) is 0 Å². The quantitative estimate of drug-likeness (QED) is 0.322. The first kappa shape index (κ1) is 33.7. The molecule has 45 heavy (non-hydrogen) atoms. The van der Waals surface area contributed by atoms with Crippen molar-refractivity contribution < 1.29 is 41.0 Å². The van der Waals surface area contributed by atoms with Crippen molar-refractivity contribution in [3.8, 4) is 5.75 Å². The number of aliphatic hydroxyl groups excluding tert-OH is 1. The van der Waals surface area contributed by atoms with E-state index in [1.54, 1.807) is 37.3 Å². The fraction of sp³-hybridized carbons (Fsp3) is 0.355. The van der Waals surface area contributed by atoms with Crippen LogP contribution in [-0.4, -0.2) is 73.6 Å². The smallest absolute Gasteiger partial charge is 0.416 e. The van der Waals surface area contributed by atoms with E-state index < -0.39 is 39.9 Å². The van der Waals surface area contributed by atoms with Crippen LogP contribution in [0, 0.1) is 5.92 Å². The van der Waals surface area contributed by atoms with Crippen LogP contribution in [0.1, 0.15) is 25.0 Å². The van der Waals surface area contributed by atoms with Gasteiger partial charge in [-0.2, -0.15) is 17.5 Å². The van der Waals surface area contributed by atoms with Crippen LogP contribution in [0.15, 0.2) is 77.7 Å². The number of urea groups is 1. The molecule has 0 aromatic heterocycles. The summed E-state index contributed by atoms with van der Waals surface area (Å²) in [5.74, 6) is -0.335. The summed E-state index contributed by atoms with van der Waals surface area (Å²) in [7, 11) is -2.40. The summed E-state index contributed by atoms with van der Waals surface area (Å²) in [4.78, 5) is 27.7. The van der Waals surface area contributed by atoms with Gasteiger partial charge in [-0.05, 0) is 61.5 Å². The minimum Gasteiger partial charge on any atom is -0.488 e. The zero-order valence-electron chi connectivity index (χ0n) is 24.9. The highest BCUT2D eigenvalue weighted by atomic mass is 32.2. The lowest BCUT2D eigenvalue weighted by Gasteiger charge is -2.33. The van der Waals surface area contributed by atoms with Gasteiger partial charge in [0.1, 0.15) is 11.9 Å². The molecule has 1 heterocycles. The summed E-state index contributed by atoms with van der Waals surface area (Å²) in [6.45, 7) is 3.41. The number of hydrogen-bond donors (Lipinski definition) is 3. The van der Waals surface area contributed by atoms with Gasteiger partial charge in [0.25, 0.3) is 0 Å². The lowest BCUT2D eigenvalue weighted by atomic mass is 10.0. The van der Waals surface area contributed by atoms with Crippen molar-refractivity contribution in [2.75, 3.05) is 37.4 Å². The third-order valence-corrected chi connectivity index (χ3v) is 9.37. The van der Waals surface area contributed by atoms with Crippen molar-refractivity contribution in [1.82, 2.24) is 9.21 Å². The number of sulfonamides is 1. The second-order valence-electron chi connectivity index (χ2n) is 11.0. The van der Waals surface area contributed by atoms with Gasteiger partial charge < -0.3 is 25.4 Å². The molecule has 3 aromatic carbocycles. The summed E-state index contributed by atoms with van der Waals surface area (Å²) in [6.07, 6.45) is -5.34. The van der Waals surface area contributed by atoms with Crippen molar-refractivity contribution in [3.63, 3.8) is 0 Å². The predicted molar refractivity (Wildman–Crippen MR) is 162 cm³/mol. The van der Waals surface area contributed by atoms with E-state index in [-0.39, 0.29) is 54.2 Å². The molecule has 0 aliphatic carbocycles. The third kappa shape index (κ3) is 8.32. The zero-order chi connectivity index (χ0) is 32.9. The number of nitrogens with one attached hydrogen (secondary N) is 2. The maximum atomic E-state index is 13.4. The SMILES string of the molecule is C[C@H]1CN([C@@H](C)CO)C(=O)Cc2cc(NC(=O)Nc3ccc(C(F)(F)F)cc3)ccc2O[C@H]1CN(C)S(=O)(=O)c1ccccc1. The Bertz CT molecular complexity index is 1600. The van der Waals surface area contributed by atoms with Crippen molar-refractivity contribution in [3.05, 3.63) is 83.9 Å². The van der Waals surface area contributed by atoms with Crippen LogP contribution in [-0.2, 0) is 27.4 Å². The van der Waals surface area contributed by atoms with E-state index in [0.29, 0.717) is 11.3 Å². The molecule has 1 aliphatic heterocycles. The van der Waals surface area contributed by atoms with Gasteiger partial charge in [-0.1, -0.05) is 25.1 Å². The Hall–Kier alpha value is -4.14. The molecule has 1 aliphatic rings. The second-order valence-corrected chi connectivity index (χ2v) is 13.0. The number of likely N-dealkylation sites (N-methyl/N-ethyl adjacent to an activating group) is 1. The molecule has 0 bridgehead atoms. The number of carbonyl (C=O) groups excluding carboxylic acids is 2. The highest BCUT2D eigenvalue weighted by Gasteiger charge is 2.34. The predicted octanol–water partition coefficient (Wildman–Crippen LogP) is 4.82. The van der Waals surface area contributed by atoms with Gasteiger partial charge in [0, 0.05) is 36.4 Å². The summed E-state index contributed by atoms with van der Waals surface area (Å²) in [6, 6.07) is 15.3. The van der Waals surface area contributed by atoms with E-state index >= 15 is 0 Å². The van der Waals surface area contributed by atoms with Gasteiger partial charge in [-0.25, -0.2) is 13.2 Å². The van der Waals surface area contributed by atoms with Crippen molar-refractivity contribution in [1.29, 1.82) is 0 Å². The summed E-state index contributed by atoms with van der Waals surface area (Å²) >= 11 is 0. The Morgan fingerprint density at radius 2 is 1.69 bits per heavy atom. The topological polar surface area (TPSA) is 128 Å². The van der Waals surface area contributed by atoms with Gasteiger partial charge >= 0.3 is 12.2 Å². The number of alkyl halides is 3. The molecule has 0 saturated carbocycles. The van der Waals surface area contributed by atoms with Crippen LogP contribution < -0.4 is 15.4 Å². The molecule has 242 valence electrons. The molecule has 10 nitrogen and oxygen atoms in total.